The van der Waals surface area contributed by atoms with E-state index >= 15 is 0 Å². The van der Waals surface area contributed by atoms with Gasteiger partial charge in [-0.3, -0.25) is 4.79 Å². The van der Waals surface area contributed by atoms with E-state index in [9.17, 15) is 4.79 Å². The molecule has 1 rings (SSSR count). The number of halogens is 1. The minimum atomic E-state index is -0.865. The van der Waals surface area contributed by atoms with Gasteiger partial charge in [0.1, 0.15) is 5.54 Å². The number of anilines is 1. The molecule has 0 spiro atoms. The molecule has 4 nitrogen and oxygen atoms in total. The Bertz CT molecular complexity index is 536. The van der Waals surface area contributed by atoms with Gasteiger partial charge >= 0.3 is 0 Å². The van der Waals surface area contributed by atoms with Gasteiger partial charge in [-0.05, 0) is 37.5 Å². The number of nitriles is 1. The van der Waals surface area contributed by atoms with Crippen molar-refractivity contribution in [2.75, 3.05) is 11.9 Å². The van der Waals surface area contributed by atoms with Crippen LogP contribution in [0.15, 0.2) is 18.2 Å². The second-order valence-corrected chi connectivity index (χ2v) is 5.76. The number of aryl methyl sites for hydroxylation is 1. The fourth-order valence-corrected chi connectivity index (χ4v) is 1.88. The summed E-state index contributed by atoms with van der Waals surface area (Å²) >= 11 is 6.08. The molecule has 0 unspecified atom stereocenters. The normalized spacial score (nSPS) is 13.4. The van der Waals surface area contributed by atoms with Gasteiger partial charge in [-0.15, -0.1) is 0 Å². The average molecular weight is 294 g/mol. The van der Waals surface area contributed by atoms with Crippen molar-refractivity contribution in [1.29, 1.82) is 5.26 Å². The molecular weight excluding hydrogens is 274 g/mol. The molecule has 0 saturated carbocycles. The summed E-state index contributed by atoms with van der Waals surface area (Å²) < 4.78 is 0. The van der Waals surface area contributed by atoms with E-state index in [1.165, 1.54) is 0 Å². The van der Waals surface area contributed by atoms with Gasteiger partial charge in [-0.25, -0.2) is 0 Å². The zero-order valence-corrected chi connectivity index (χ0v) is 13.0. The fourth-order valence-electron chi connectivity index (χ4n) is 1.57. The van der Waals surface area contributed by atoms with Crippen LogP contribution in [0, 0.1) is 24.2 Å². The third-order valence-electron chi connectivity index (χ3n) is 3.35. The van der Waals surface area contributed by atoms with Crippen molar-refractivity contribution in [3.05, 3.63) is 28.8 Å². The lowest BCUT2D eigenvalue weighted by Crippen LogP contribution is -2.50. The summed E-state index contributed by atoms with van der Waals surface area (Å²) in [5, 5.41) is 15.4. The van der Waals surface area contributed by atoms with Gasteiger partial charge < -0.3 is 10.6 Å². The number of hydrogen-bond acceptors (Lipinski definition) is 3. The van der Waals surface area contributed by atoms with E-state index in [0.29, 0.717) is 10.7 Å². The van der Waals surface area contributed by atoms with Crippen LogP contribution in [0.25, 0.3) is 0 Å². The molecule has 0 aliphatic carbocycles. The van der Waals surface area contributed by atoms with Gasteiger partial charge in [-0.1, -0.05) is 31.5 Å². The second-order valence-electron chi connectivity index (χ2n) is 5.35. The number of carbonyl (C=O) groups is 1. The molecule has 0 aromatic heterocycles. The highest BCUT2D eigenvalue weighted by molar-refractivity contribution is 6.33. The largest absolute Gasteiger partial charge is 0.375 e. The number of hydrogen-bond donors (Lipinski definition) is 2. The molecule has 1 amide bonds. The smallest absolute Gasteiger partial charge is 0.240 e. The number of nitrogens with one attached hydrogen (secondary N) is 2. The minimum Gasteiger partial charge on any atom is -0.375 e. The van der Waals surface area contributed by atoms with Crippen molar-refractivity contribution in [2.24, 2.45) is 5.92 Å². The van der Waals surface area contributed by atoms with E-state index in [0.717, 1.165) is 5.56 Å². The molecule has 0 aliphatic rings. The lowest BCUT2D eigenvalue weighted by molar-refractivity contribution is -0.121. The molecule has 1 atom stereocenters. The zero-order chi connectivity index (χ0) is 15.3. The number of amides is 1. The molecule has 2 N–H and O–H groups in total. The van der Waals surface area contributed by atoms with Crippen molar-refractivity contribution in [3.8, 4) is 6.07 Å². The first-order valence-electron chi connectivity index (χ1n) is 6.51. The summed E-state index contributed by atoms with van der Waals surface area (Å²) in [4.78, 5) is 11.9. The number of carbonyl (C=O) groups excluding carboxylic acids is 1. The van der Waals surface area contributed by atoms with Crippen LogP contribution in [-0.4, -0.2) is 18.0 Å². The Balaban J connectivity index is 2.62. The number of benzene rings is 1. The lowest BCUT2D eigenvalue weighted by Gasteiger charge is -2.27. The van der Waals surface area contributed by atoms with Crippen LogP contribution in [0.5, 0.6) is 0 Å². The molecule has 0 bridgehead atoms. The first-order valence-corrected chi connectivity index (χ1v) is 6.88. The summed E-state index contributed by atoms with van der Waals surface area (Å²) in [6.07, 6.45) is 0. The summed E-state index contributed by atoms with van der Waals surface area (Å²) in [6, 6.07) is 7.72. The molecular formula is C15H20ClN3O. The van der Waals surface area contributed by atoms with Gasteiger partial charge in [0.05, 0.1) is 23.3 Å². The monoisotopic (exact) mass is 293 g/mol. The Hall–Kier alpha value is -1.73. The van der Waals surface area contributed by atoms with E-state index < -0.39 is 5.54 Å². The maximum absolute atomic E-state index is 11.9. The summed E-state index contributed by atoms with van der Waals surface area (Å²) in [5.41, 5.74) is 0.896. The van der Waals surface area contributed by atoms with Gasteiger partial charge in [0.25, 0.3) is 0 Å². The first kappa shape index (κ1) is 16.3. The standard InChI is InChI=1S/C15H20ClN3O/c1-10(2)15(4,9-17)19-14(20)8-18-13-6-5-11(3)7-12(13)16/h5-7,10,18H,8H2,1-4H3,(H,19,20)/t15-/m1/s1. The van der Waals surface area contributed by atoms with Crippen LogP contribution in [0.4, 0.5) is 5.69 Å². The number of nitrogens with zero attached hydrogens (tertiary/aromatic N) is 1. The van der Waals surface area contributed by atoms with Crippen molar-refractivity contribution in [2.45, 2.75) is 33.2 Å². The molecule has 0 saturated heterocycles. The van der Waals surface area contributed by atoms with E-state index in [1.54, 1.807) is 6.92 Å². The molecule has 0 aliphatic heterocycles. The van der Waals surface area contributed by atoms with Crippen molar-refractivity contribution >= 4 is 23.2 Å². The van der Waals surface area contributed by atoms with Crippen molar-refractivity contribution < 1.29 is 4.79 Å². The van der Waals surface area contributed by atoms with Gasteiger partial charge in [0.15, 0.2) is 0 Å². The van der Waals surface area contributed by atoms with Gasteiger partial charge in [0, 0.05) is 0 Å². The zero-order valence-electron chi connectivity index (χ0n) is 12.2. The maximum Gasteiger partial charge on any atom is 0.240 e. The Labute approximate surface area is 125 Å². The van der Waals surface area contributed by atoms with Gasteiger partial charge in [0.2, 0.25) is 5.91 Å². The Morgan fingerprint density at radius 3 is 2.65 bits per heavy atom. The van der Waals surface area contributed by atoms with E-state index in [-0.39, 0.29) is 18.4 Å². The van der Waals surface area contributed by atoms with Crippen molar-refractivity contribution in [3.63, 3.8) is 0 Å². The predicted octanol–water partition coefficient (Wildman–Crippen LogP) is 3.11. The SMILES string of the molecule is Cc1ccc(NCC(=O)N[C@](C)(C#N)C(C)C)c(Cl)c1. The predicted molar refractivity (Wildman–Crippen MR) is 81.7 cm³/mol. The third-order valence-corrected chi connectivity index (χ3v) is 3.66. The molecule has 5 heteroatoms. The van der Waals surface area contributed by atoms with E-state index in [1.807, 2.05) is 39.0 Å². The summed E-state index contributed by atoms with van der Waals surface area (Å²) in [6.45, 7) is 7.53. The highest BCUT2D eigenvalue weighted by Gasteiger charge is 2.29. The Kier molecular flexibility index (Phi) is 5.41. The van der Waals surface area contributed by atoms with Crippen LogP contribution < -0.4 is 10.6 Å². The van der Waals surface area contributed by atoms with Crippen LogP contribution in [0.1, 0.15) is 26.3 Å². The topological polar surface area (TPSA) is 64.9 Å². The fraction of sp³-hybridized carbons (Fsp3) is 0.467. The maximum atomic E-state index is 11.9. The lowest BCUT2D eigenvalue weighted by atomic mass is 9.90. The highest BCUT2D eigenvalue weighted by Crippen LogP contribution is 2.22. The highest BCUT2D eigenvalue weighted by atomic mass is 35.5. The Morgan fingerprint density at radius 1 is 1.50 bits per heavy atom. The van der Waals surface area contributed by atoms with Crippen LogP contribution >= 0.6 is 11.6 Å². The first-order chi connectivity index (χ1) is 9.28. The van der Waals surface area contributed by atoms with Crippen molar-refractivity contribution in [1.82, 2.24) is 5.32 Å². The third kappa shape index (κ3) is 4.14. The van der Waals surface area contributed by atoms with Gasteiger partial charge in [-0.2, -0.15) is 5.26 Å². The average Bonchev–Trinajstić information content (AvgIpc) is 2.37. The Morgan fingerprint density at radius 2 is 2.15 bits per heavy atom. The van der Waals surface area contributed by atoms with Crippen LogP contribution in [0.2, 0.25) is 5.02 Å². The van der Waals surface area contributed by atoms with E-state index in [2.05, 4.69) is 16.7 Å². The molecule has 1 aromatic carbocycles. The summed E-state index contributed by atoms with van der Waals surface area (Å²) in [7, 11) is 0. The van der Waals surface area contributed by atoms with Crippen LogP contribution in [-0.2, 0) is 4.79 Å². The van der Waals surface area contributed by atoms with E-state index in [4.69, 9.17) is 16.9 Å². The molecule has 0 radical (unpaired) electrons. The molecule has 20 heavy (non-hydrogen) atoms. The second kappa shape index (κ2) is 6.62. The molecule has 1 aromatic rings. The van der Waals surface area contributed by atoms with Crippen LogP contribution in [0.3, 0.4) is 0 Å². The minimum absolute atomic E-state index is 0.0272. The molecule has 0 heterocycles. The quantitative estimate of drug-likeness (QED) is 0.876. The molecule has 0 fully saturated rings. The summed E-state index contributed by atoms with van der Waals surface area (Å²) in [5.74, 6) is -0.209. The number of rotatable bonds is 5. The molecule has 108 valence electrons.